The molecule has 0 fully saturated rings. The summed E-state index contributed by atoms with van der Waals surface area (Å²) in [4.78, 5) is 29.5. The predicted molar refractivity (Wildman–Crippen MR) is 103 cm³/mol. The number of anilines is 1. The van der Waals surface area contributed by atoms with E-state index in [1.807, 2.05) is 38.1 Å². The fraction of sp³-hybridized carbons (Fsp3) is 0.333. The summed E-state index contributed by atoms with van der Waals surface area (Å²) in [6.07, 6.45) is 4.54. The Labute approximate surface area is 156 Å². The Morgan fingerprint density at radius 1 is 1.23 bits per heavy atom. The molecule has 2 aromatic heterocycles. The Bertz CT molecular complexity index is 911. The lowest BCUT2D eigenvalue weighted by atomic mass is 10.2. The third-order valence-electron chi connectivity index (χ3n) is 3.94. The number of hydrogen-bond acceptors (Lipinski definition) is 7. The summed E-state index contributed by atoms with van der Waals surface area (Å²) < 4.78 is 6.44. The van der Waals surface area contributed by atoms with E-state index in [0.717, 1.165) is 15.8 Å². The minimum absolute atomic E-state index is 0.212. The van der Waals surface area contributed by atoms with Crippen LogP contribution in [-0.2, 0) is 0 Å². The Balaban J connectivity index is 2.05. The number of carbonyl (C=O) groups excluding carboxylic acids is 1. The van der Waals surface area contributed by atoms with Crippen molar-refractivity contribution in [2.24, 2.45) is 0 Å². The first-order chi connectivity index (χ1) is 12.5. The van der Waals surface area contributed by atoms with Crippen LogP contribution in [0.2, 0.25) is 0 Å². The van der Waals surface area contributed by atoms with Crippen molar-refractivity contribution in [2.75, 3.05) is 39.2 Å². The van der Waals surface area contributed by atoms with Crippen LogP contribution in [0, 0.1) is 6.92 Å². The van der Waals surface area contributed by atoms with Crippen LogP contribution in [-0.4, -0.2) is 60.1 Å². The average molecular weight is 371 g/mol. The highest BCUT2D eigenvalue weighted by atomic mass is 32.1. The van der Waals surface area contributed by atoms with Gasteiger partial charge in [-0.1, -0.05) is 17.4 Å². The van der Waals surface area contributed by atoms with E-state index >= 15 is 0 Å². The fourth-order valence-corrected chi connectivity index (χ4v) is 3.59. The molecule has 0 aliphatic carbocycles. The van der Waals surface area contributed by atoms with Crippen LogP contribution in [0.3, 0.4) is 0 Å². The number of ether oxygens (including phenoxy) is 1. The standard InChI is InChI=1S/C18H21N5O2S/c1-12-5-6-14(25-4)15-16(12)26-18(21-15)23(10-9-22(2)3)17(24)13-11-19-7-8-20-13/h5-8,11H,9-10H2,1-4H3. The Morgan fingerprint density at radius 3 is 2.69 bits per heavy atom. The number of likely N-dealkylation sites (N-methyl/N-ethyl adjacent to an activating group) is 1. The number of thiazole rings is 1. The Kier molecular flexibility index (Phi) is 5.43. The molecule has 3 aromatic rings. The van der Waals surface area contributed by atoms with E-state index < -0.39 is 0 Å². The number of rotatable bonds is 6. The topological polar surface area (TPSA) is 71.5 Å². The lowest BCUT2D eigenvalue weighted by Gasteiger charge is -2.21. The molecule has 3 rings (SSSR count). The van der Waals surface area contributed by atoms with Gasteiger partial charge in [0.25, 0.3) is 5.91 Å². The van der Waals surface area contributed by atoms with Gasteiger partial charge in [0.2, 0.25) is 0 Å². The second kappa shape index (κ2) is 7.76. The smallest absolute Gasteiger partial charge is 0.280 e. The van der Waals surface area contributed by atoms with Crippen LogP contribution in [0.15, 0.2) is 30.7 Å². The van der Waals surface area contributed by atoms with Crippen molar-refractivity contribution in [3.8, 4) is 5.75 Å². The maximum absolute atomic E-state index is 13.0. The third kappa shape index (κ3) is 3.66. The van der Waals surface area contributed by atoms with Gasteiger partial charge in [-0.25, -0.2) is 9.97 Å². The van der Waals surface area contributed by atoms with Gasteiger partial charge in [-0.3, -0.25) is 14.7 Å². The quantitative estimate of drug-likeness (QED) is 0.663. The Hall–Kier alpha value is -2.58. The van der Waals surface area contributed by atoms with Crippen molar-refractivity contribution >= 4 is 32.6 Å². The van der Waals surface area contributed by atoms with Crippen molar-refractivity contribution in [1.29, 1.82) is 0 Å². The SMILES string of the molecule is COc1ccc(C)c2sc(N(CCN(C)C)C(=O)c3cnccn3)nc12. The molecular weight excluding hydrogens is 350 g/mol. The highest BCUT2D eigenvalue weighted by Gasteiger charge is 2.23. The van der Waals surface area contributed by atoms with E-state index in [2.05, 4.69) is 9.97 Å². The maximum atomic E-state index is 13.0. The number of aryl methyl sites for hydroxylation is 1. The van der Waals surface area contributed by atoms with Gasteiger partial charge in [0.05, 0.1) is 18.0 Å². The Morgan fingerprint density at radius 2 is 2.04 bits per heavy atom. The zero-order valence-electron chi connectivity index (χ0n) is 15.3. The van der Waals surface area contributed by atoms with Crippen molar-refractivity contribution in [1.82, 2.24) is 19.9 Å². The largest absolute Gasteiger partial charge is 0.494 e. The summed E-state index contributed by atoms with van der Waals surface area (Å²) in [5.74, 6) is 0.489. The summed E-state index contributed by atoms with van der Waals surface area (Å²) >= 11 is 1.48. The molecule has 0 spiro atoms. The number of benzene rings is 1. The van der Waals surface area contributed by atoms with Crippen LogP contribution in [0.1, 0.15) is 16.1 Å². The second-order valence-electron chi connectivity index (χ2n) is 6.11. The molecule has 0 aliphatic heterocycles. The molecule has 0 atom stereocenters. The van der Waals surface area contributed by atoms with Crippen LogP contribution in [0.5, 0.6) is 5.75 Å². The maximum Gasteiger partial charge on any atom is 0.280 e. The van der Waals surface area contributed by atoms with Crippen LogP contribution >= 0.6 is 11.3 Å². The van der Waals surface area contributed by atoms with E-state index in [1.165, 1.54) is 23.7 Å². The summed E-state index contributed by atoms with van der Waals surface area (Å²) in [5.41, 5.74) is 2.17. The van der Waals surface area contributed by atoms with Gasteiger partial charge in [-0.05, 0) is 32.6 Å². The van der Waals surface area contributed by atoms with Crippen LogP contribution in [0.25, 0.3) is 10.2 Å². The molecule has 7 nitrogen and oxygen atoms in total. The minimum atomic E-state index is -0.212. The van der Waals surface area contributed by atoms with E-state index in [1.54, 1.807) is 18.2 Å². The van der Waals surface area contributed by atoms with Crippen LogP contribution in [0.4, 0.5) is 5.13 Å². The molecule has 0 saturated heterocycles. The van der Waals surface area contributed by atoms with E-state index in [9.17, 15) is 4.79 Å². The lowest BCUT2D eigenvalue weighted by Crippen LogP contribution is -2.37. The van der Waals surface area contributed by atoms with Gasteiger partial charge in [0, 0.05) is 25.5 Å². The number of aromatic nitrogens is 3. The molecule has 0 unspecified atom stereocenters. The van der Waals surface area contributed by atoms with Gasteiger partial charge in [0.15, 0.2) is 5.13 Å². The first-order valence-electron chi connectivity index (χ1n) is 8.18. The number of nitrogens with zero attached hydrogens (tertiary/aromatic N) is 5. The number of hydrogen-bond donors (Lipinski definition) is 0. The first-order valence-corrected chi connectivity index (χ1v) is 8.99. The zero-order chi connectivity index (χ0) is 18.7. The van der Waals surface area contributed by atoms with E-state index in [4.69, 9.17) is 9.72 Å². The molecule has 1 amide bonds. The molecule has 0 N–H and O–H groups in total. The van der Waals surface area contributed by atoms with Crippen molar-refractivity contribution < 1.29 is 9.53 Å². The molecule has 26 heavy (non-hydrogen) atoms. The summed E-state index contributed by atoms with van der Waals surface area (Å²) in [5, 5.41) is 0.630. The van der Waals surface area contributed by atoms with E-state index in [-0.39, 0.29) is 5.91 Å². The average Bonchev–Trinajstić information content (AvgIpc) is 3.08. The molecule has 0 radical (unpaired) electrons. The highest BCUT2D eigenvalue weighted by Crippen LogP contribution is 2.36. The first kappa shape index (κ1) is 18.2. The molecule has 136 valence electrons. The van der Waals surface area contributed by atoms with Gasteiger partial charge in [0.1, 0.15) is 17.0 Å². The molecule has 0 saturated carbocycles. The zero-order valence-corrected chi connectivity index (χ0v) is 16.1. The van der Waals surface area contributed by atoms with Gasteiger partial charge >= 0.3 is 0 Å². The van der Waals surface area contributed by atoms with Crippen molar-refractivity contribution in [3.63, 3.8) is 0 Å². The highest BCUT2D eigenvalue weighted by molar-refractivity contribution is 7.22. The summed E-state index contributed by atoms with van der Waals surface area (Å²) in [7, 11) is 5.56. The molecule has 2 heterocycles. The minimum Gasteiger partial charge on any atom is -0.494 e. The predicted octanol–water partition coefficient (Wildman–Crippen LogP) is 2.61. The monoisotopic (exact) mass is 371 g/mol. The second-order valence-corrected chi connectivity index (χ2v) is 7.09. The van der Waals surface area contributed by atoms with Crippen molar-refractivity contribution in [2.45, 2.75) is 6.92 Å². The molecule has 0 bridgehead atoms. The fourth-order valence-electron chi connectivity index (χ4n) is 2.51. The number of amides is 1. The molecule has 0 aliphatic rings. The molecular formula is C18H21N5O2S. The van der Waals surface area contributed by atoms with Gasteiger partial charge < -0.3 is 9.64 Å². The number of carbonyl (C=O) groups is 1. The van der Waals surface area contributed by atoms with Gasteiger partial charge in [-0.15, -0.1) is 0 Å². The number of fused-ring (bicyclic) bond motifs is 1. The van der Waals surface area contributed by atoms with Crippen molar-refractivity contribution in [3.05, 3.63) is 42.0 Å². The summed E-state index contributed by atoms with van der Waals surface area (Å²) in [6, 6.07) is 3.90. The number of methoxy groups -OCH3 is 1. The lowest BCUT2D eigenvalue weighted by molar-refractivity contribution is 0.0980. The molecule has 1 aromatic carbocycles. The van der Waals surface area contributed by atoms with Crippen LogP contribution < -0.4 is 9.64 Å². The third-order valence-corrected chi connectivity index (χ3v) is 5.15. The summed E-state index contributed by atoms with van der Waals surface area (Å²) in [6.45, 7) is 3.24. The molecule has 8 heteroatoms. The normalized spacial score (nSPS) is 11.1. The van der Waals surface area contributed by atoms with Gasteiger partial charge in [-0.2, -0.15) is 0 Å². The van der Waals surface area contributed by atoms with E-state index in [0.29, 0.717) is 29.7 Å².